The first kappa shape index (κ1) is 19.8. The molecule has 0 saturated heterocycles. The third-order valence-corrected chi connectivity index (χ3v) is 4.92. The third-order valence-electron chi connectivity index (χ3n) is 3.15. The summed E-state index contributed by atoms with van der Waals surface area (Å²) in [6, 6.07) is 11.0. The summed E-state index contributed by atoms with van der Waals surface area (Å²) in [5, 5.41) is 2.88. The fraction of sp³-hybridized carbons (Fsp3) is 0.125. The van der Waals surface area contributed by atoms with E-state index >= 15 is 0 Å². The minimum absolute atomic E-state index is 0.0670. The van der Waals surface area contributed by atoms with Crippen LogP contribution in [-0.4, -0.2) is 26.0 Å². The van der Waals surface area contributed by atoms with Crippen molar-refractivity contribution in [3.8, 4) is 0 Å². The smallest absolute Gasteiger partial charge is 0.269 e. The van der Waals surface area contributed by atoms with E-state index in [1.807, 2.05) is 0 Å². The highest BCUT2D eigenvalue weighted by molar-refractivity contribution is 7.89. The first-order chi connectivity index (χ1) is 12.3. The fourth-order valence-electron chi connectivity index (χ4n) is 1.94. The van der Waals surface area contributed by atoms with Crippen LogP contribution in [0.15, 0.2) is 53.4 Å². The van der Waals surface area contributed by atoms with Gasteiger partial charge in [-0.25, -0.2) is 17.5 Å². The van der Waals surface area contributed by atoms with E-state index in [-0.39, 0.29) is 27.9 Å². The van der Waals surface area contributed by atoms with Crippen molar-refractivity contribution in [2.24, 2.45) is 0 Å². The molecule has 0 atom stereocenters. The van der Waals surface area contributed by atoms with Gasteiger partial charge in [0.15, 0.2) is 5.11 Å². The maximum atomic E-state index is 12.8. The molecule has 4 N–H and O–H groups in total. The summed E-state index contributed by atoms with van der Waals surface area (Å²) in [5.41, 5.74) is 5.69. The Balaban J connectivity index is 1.91. The lowest BCUT2D eigenvalue weighted by Crippen LogP contribution is -2.43. The van der Waals surface area contributed by atoms with Gasteiger partial charge in [-0.1, -0.05) is 6.92 Å². The van der Waals surface area contributed by atoms with Crippen LogP contribution >= 0.6 is 12.2 Å². The summed E-state index contributed by atoms with van der Waals surface area (Å²) in [6.45, 7) is 1.95. The predicted octanol–water partition coefficient (Wildman–Crippen LogP) is 1.76. The van der Waals surface area contributed by atoms with Gasteiger partial charge in [-0.3, -0.25) is 15.6 Å². The van der Waals surface area contributed by atoms with Crippen LogP contribution in [0, 0.1) is 5.82 Å². The number of rotatable bonds is 5. The van der Waals surface area contributed by atoms with Crippen LogP contribution in [0.5, 0.6) is 0 Å². The molecule has 0 bridgehead atoms. The van der Waals surface area contributed by atoms with Gasteiger partial charge in [0, 0.05) is 17.8 Å². The van der Waals surface area contributed by atoms with Crippen LogP contribution < -0.4 is 20.9 Å². The predicted molar refractivity (Wildman–Crippen MR) is 101 cm³/mol. The Hall–Kier alpha value is -2.56. The van der Waals surface area contributed by atoms with Crippen LogP contribution in [0.4, 0.5) is 10.1 Å². The van der Waals surface area contributed by atoms with Crippen LogP contribution in [0.2, 0.25) is 0 Å². The monoisotopic (exact) mass is 396 g/mol. The highest BCUT2D eigenvalue weighted by Crippen LogP contribution is 2.10. The lowest BCUT2D eigenvalue weighted by molar-refractivity contribution is 0.0944. The first-order valence-electron chi connectivity index (χ1n) is 7.54. The minimum atomic E-state index is -3.57. The lowest BCUT2D eigenvalue weighted by atomic mass is 10.2. The van der Waals surface area contributed by atoms with E-state index in [1.54, 1.807) is 6.92 Å². The number of nitrogens with one attached hydrogen (secondary N) is 4. The molecule has 0 saturated carbocycles. The lowest BCUT2D eigenvalue weighted by Gasteiger charge is -2.12. The Kier molecular flexibility index (Phi) is 6.61. The Morgan fingerprint density at radius 2 is 1.65 bits per heavy atom. The van der Waals surface area contributed by atoms with Gasteiger partial charge in [0.2, 0.25) is 10.0 Å². The number of hydrazine groups is 1. The third kappa shape index (κ3) is 5.48. The van der Waals surface area contributed by atoms with Crippen LogP contribution in [0.25, 0.3) is 0 Å². The molecule has 0 unspecified atom stereocenters. The number of carbonyl (C=O) groups is 1. The Morgan fingerprint density at radius 1 is 1.04 bits per heavy atom. The molecule has 0 aromatic heterocycles. The number of anilines is 1. The Labute approximate surface area is 156 Å². The largest absolute Gasteiger partial charge is 0.331 e. The second-order valence-corrected chi connectivity index (χ2v) is 7.24. The number of sulfonamides is 1. The van der Waals surface area contributed by atoms with Crippen molar-refractivity contribution in [2.45, 2.75) is 11.8 Å². The van der Waals surface area contributed by atoms with Crippen LogP contribution in [-0.2, 0) is 10.0 Å². The number of hydrogen-bond donors (Lipinski definition) is 4. The summed E-state index contributed by atoms with van der Waals surface area (Å²) in [5.74, 6) is -0.872. The maximum absolute atomic E-state index is 12.8. The molecular formula is C16H17FN4O3S2. The molecule has 26 heavy (non-hydrogen) atoms. The van der Waals surface area contributed by atoms with Crippen molar-refractivity contribution in [1.29, 1.82) is 0 Å². The van der Waals surface area contributed by atoms with Crippen molar-refractivity contribution in [3.63, 3.8) is 0 Å². The van der Waals surface area contributed by atoms with Crippen LogP contribution in [0.1, 0.15) is 17.3 Å². The molecule has 2 aromatic carbocycles. The maximum Gasteiger partial charge on any atom is 0.269 e. The summed E-state index contributed by atoms with van der Waals surface area (Å²) >= 11 is 5.02. The fourth-order valence-corrected chi connectivity index (χ4v) is 3.15. The quantitative estimate of drug-likeness (QED) is 0.454. The van der Waals surface area contributed by atoms with Gasteiger partial charge in [0.25, 0.3) is 5.91 Å². The molecule has 0 fully saturated rings. The molecule has 0 aliphatic rings. The summed E-state index contributed by atoms with van der Waals surface area (Å²) in [7, 11) is -3.57. The molecule has 7 nitrogen and oxygen atoms in total. The van der Waals surface area contributed by atoms with Crippen molar-refractivity contribution in [2.75, 3.05) is 11.9 Å². The van der Waals surface area contributed by atoms with E-state index in [9.17, 15) is 17.6 Å². The van der Waals surface area contributed by atoms with Crippen molar-refractivity contribution >= 4 is 38.9 Å². The van der Waals surface area contributed by atoms with Gasteiger partial charge >= 0.3 is 0 Å². The SMILES string of the molecule is CCNS(=O)(=O)c1ccc(C(=O)NNC(=S)Nc2ccc(F)cc2)cc1. The number of carbonyl (C=O) groups excluding carboxylic acids is 1. The Morgan fingerprint density at radius 3 is 2.23 bits per heavy atom. The van der Waals surface area contributed by atoms with Crippen molar-refractivity contribution in [3.05, 3.63) is 59.9 Å². The molecule has 0 spiro atoms. The molecule has 0 aliphatic heterocycles. The van der Waals surface area contributed by atoms with Gasteiger partial charge in [-0.05, 0) is 60.7 Å². The number of hydrogen-bond acceptors (Lipinski definition) is 4. The molecule has 0 heterocycles. The summed E-state index contributed by atoms with van der Waals surface area (Å²) < 4.78 is 38.9. The van der Waals surface area contributed by atoms with E-state index < -0.39 is 15.9 Å². The van der Waals surface area contributed by atoms with Gasteiger partial charge in [0.05, 0.1) is 4.90 Å². The van der Waals surface area contributed by atoms with E-state index in [4.69, 9.17) is 12.2 Å². The zero-order valence-electron chi connectivity index (χ0n) is 13.7. The van der Waals surface area contributed by atoms with Crippen molar-refractivity contribution in [1.82, 2.24) is 15.6 Å². The molecule has 138 valence electrons. The van der Waals surface area contributed by atoms with Gasteiger partial charge < -0.3 is 5.32 Å². The second kappa shape index (κ2) is 8.70. The van der Waals surface area contributed by atoms with Crippen molar-refractivity contribution < 1.29 is 17.6 Å². The first-order valence-corrected chi connectivity index (χ1v) is 9.43. The van der Waals surface area contributed by atoms with Gasteiger partial charge in [0.1, 0.15) is 5.82 Å². The molecule has 1 amide bonds. The van der Waals surface area contributed by atoms with E-state index in [0.717, 1.165) is 0 Å². The number of thiocarbonyl (C=S) groups is 1. The standard InChI is InChI=1S/C16H17FN4O3S2/c1-2-18-26(23,24)14-9-3-11(4-10-14)15(22)20-21-16(25)19-13-7-5-12(17)6-8-13/h3-10,18H,2H2,1H3,(H,20,22)(H2,19,21,25). The van der Waals surface area contributed by atoms with E-state index in [1.165, 1.54) is 48.5 Å². The number of amides is 1. The van der Waals surface area contributed by atoms with Crippen LogP contribution in [0.3, 0.4) is 0 Å². The second-order valence-electron chi connectivity index (χ2n) is 5.07. The topological polar surface area (TPSA) is 99.3 Å². The molecule has 2 rings (SSSR count). The van der Waals surface area contributed by atoms with Gasteiger partial charge in [-0.15, -0.1) is 0 Å². The highest BCUT2D eigenvalue weighted by Gasteiger charge is 2.13. The number of halogens is 1. The molecular weight excluding hydrogens is 379 g/mol. The van der Waals surface area contributed by atoms with E-state index in [2.05, 4.69) is 20.9 Å². The number of benzene rings is 2. The average Bonchev–Trinajstić information content (AvgIpc) is 2.62. The Bertz CT molecular complexity index is 885. The normalized spacial score (nSPS) is 10.8. The highest BCUT2D eigenvalue weighted by atomic mass is 32.2. The zero-order valence-corrected chi connectivity index (χ0v) is 15.4. The summed E-state index contributed by atoms with van der Waals surface area (Å²) in [6.07, 6.45) is 0. The summed E-state index contributed by atoms with van der Waals surface area (Å²) in [4.78, 5) is 12.1. The molecule has 0 aliphatic carbocycles. The molecule has 0 radical (unpaired) electrons. The zero-order chi connectivity index (χ0) is 19.2. The minimum Gasteiger partial charge on any atom is -0.331 e. The molecule has 2 aromatic rings. The van der Waals surface area contributed by atoms with E-state index in [0.29, 0.717) is 5.69 Å². The molecule has 10 heteroatoms. The van der Waals surface area contributed by atoms with Gasteiger partial charge in [-0.2, -0.15) is 0 Å². The average molecular weight is 396 g/mol.